The molecule has 0 aliphatic heterocycles. The lowest BCUT2D eigenvalue weighted by atomic mass is 10.3. The van der Waals surface area contributed by atoms with Crippen LogP contribution >= 0.6 is 45.9 Å². The van der Waals surface area contributed by atoms with Gasteiger partial charge in [0.15, 0.2) is 0 Å². The van der Waals surface area contributed by atoms with Crippen molar-refractivity contribution in [3.05, 3.63) is 38.4 Å². The Morgan fingerprint density at radius 1 is 1.20 bits per heavy atom. The fourth-order valence-electron chi connectivity index (χ4n) is 1.64. The topological polar surface area (TPSA) is 59.1 Å². The first-order valence-electron chi connectivity index (χ1n) is 5.26. The molecule has 0 aliphatic carbocycles. The van der Waals surface area contributed by atoms with Crippen molar-refractivity contribution >= 4 is 71.8 Å². The van der Waals surface area contributed by atoms with Crippen LogP contribution in [0.5, 0.6) is 0 Å². The van der Waals surface area contributed by atoms with E-state index in [4.69, 9.17) is 23.2 Å². The van der Waals surface area contributed by atoms with Crippen molar-refractivity contribution in [2.45, 2.75) is 4.90 Å². The number of hydrogen-bond donors (Lipinski definition) is 1. The Morgan fingerprint density at radius 3 is 2.70 bits per heavy atom. The van der Waals surface area contributed by atoms with Gasteiger partial charge in [-0.2, -0.15) is 0 Å². The summed E-state index contributed by atoms with van der Waals surface area (Å²) < 4.78 is 28.4. The molecule has 0 bridgehead atoms. The Balaban J connectivity index is 1.98. The fraction of sp³-hybridized carbons (Fsp3) is 0. The van der Waals surface area contributed by atoms with Gasteiger partial charge in [-0.25, -0.2) is 13.4 Å². The Hall–Kier alpha value is -0.860. The predicted octanol–water partition coefficient (Wildman–Crippen LogP) is 4.47. The molecule has 1 N–H and O–H groups in total. The van der Waals surface area contributed by atoms with Gasteiger partial charge in [0.05, 0.1) is 25.8 Å². The molecular weight excluding hydrogens is 359 g/mol. The van der Waals surface area contributed by atoms with E-state index in [0.29, 0.717) is 10.0 Å². The second-order valence-corrected chi connectivity index (χ2v) is 8.65. The van der Waals surface area contributed by atoms with Crippen molar-refractivity contribution < 1.29 is 8.42 Å². The summed E-state index contributed by atoms with van der Waals surface area (Å²) >= 11 is 14.1. The molecule has 0 atom stereocenters. The number of thiophene rings is 1. The van der Waals surface area contributed by atoms with Gasteiger partial charge < -0.3 is 0 Å². The molecule has 0 spiro atoms. The van der Waals surface area contributed by atoms with E-state index in [9.17, 15) is 8.42 Å². The Kier molecular flexibility index (Phi) is 3.64. The monoisotopic (exact) mass is 364 g/mol. The van der Waals surface area contributed by atoms with Crippen LogP contribution in [0.2, 0.25) is 8.67 Å². The zero-order valence-electron chi connectivity index (χ0n) is 9.63. The standard InChI is InChI=1S/C11H6Cl2N2O2S3/c12-10-4-9(11(13)19-10)20(16,17)15-6-1-2-7-8(3-6)18-5-14-7/h1-5,15H. The molecule has 4 nitrogen and oxygen atoms in total. The van der Waals surface area contributed by atoms with Crippen molar-refractivity contribution in [1.82, 2.24) is 4.98 Å². The predicted molar refractivity (Wildman–Crippen MR) is 84.8 cm³/mol. The summed E-state index contributed by atoms with van der Waals surface area (Å²) in [5, 5.41) is 0. The highest BCUT2D eigenvalue weighted by molar-refractivity contribution is 7.93. The minimum atomic E-state index is -3.75. The largest absolute Gasteiger partial charge is 0.280 e. The highest BCUT2D eigenvalue weighted by atomic mass is 35.5. The van der Waals surface area contributed by atoms with Crippen LogP contribution < -0.4 is 4.72 Å². The summed E-state index contributed by atoms with van der Waals surface area (Å²) in [6, 6.07) is 6.47. The van der Waals surface area contributed by atoms with Gasteiger partial charge in [0.2, 0.25) is 0 Å². The fourth-order valence-corrected chi connectivity index (χ4v) is 5.55. The molecular formula is C11H6Cl2N2O2S3. The molecule has 0 saturated heterocycles. The third-order valence-corrected chi connectivity index (χ3v) is 6.42. The van der Waals surface area contributed by atoms with Gasteiger partial charge >= 0.3 is 0 Å². The maximum atomic E-state index is 12.3. The molecule has 0 fully saturated rings. The van der Waals surface area contributed by atoms with Crippen LogP contribution in [0, 0.1) is 0 Å². The molecule has 0 saturated carbocycles. The van der Waals surface area contributed by atoms with Crippen LogP contribution in [0.1, 0.15) is 0 Å². The number of thiazole rings is 1. The van der Waals surface area contributed by atoms with Gasteiger partial charge in [0.1, 0.15) is 9.23 Å². The van der Waals surface area contributed by atoms with E-state index >= 15 is 0 Å². The normalized spacial score (nSPS) is 11.9. The molecule has 104 valence electrons. The van der Waals surface area contributed by atoms with Gasteiger partial charge in [0.25, 0.3) is 10.0 Å². The first kappa shape index (κ1) is 14.1. The first-order valence-corrected chi connectivity index (χ1v) is 9.20. The van der Waals surface area contributed by atoms with Crippen molar-refractivity contribution in [1.29, 1.82) is 0 Å². The molecule has 1 aromatic carbocycles. The summed E-state index contributed by atoms with van der Waals surface area (Å²) in [4.78, 5) is 4.12. The summed E-state index contributed by atoms with van der Waals surface area (Å²) in [7, 11) is -3.75. The molecule has 0 aliphatic rings. The average molecular weight is 365 g/mol. The van der Waals surface area contributed by atoms with E-state index in [1.165, 1.54) is 17.4 Å². The molecule has 0 radical (unpaired) electrons. The molecule has 9 heteroatoms. The van der Waals surface area contributed by atoms with Crippen molar-refractivity contribution in [3.8, 4) is 0 Å². The second-order valence-electron chi connectivity index (χ2n) is 3.83. The van der Waals surface area contributed by atoms with Crippen molar-refractivity contribution in [3.63, 3.8) is 0 Å². The number of fused-ring (bicyclic) bond motifs is 1. The van der Waals surface area contributed by atoms with Crippen LogP contribution in [0.3, 0.4) is 0 Å². The lowest BCUT2D eigenvalue weighted by Crippen LogP contribution is -2.12. The van der Waals surface area contributed by atoms with E-state index in [0.717, 1.165) is 21.6 Å². The molecule has 0 amide bonds. The van der Waals surface area contributed by atoms with Gasteiger partial charge in [-0.1, -0.05) is 23.2 Å². The smallest absolute Gasteiger partial charge is 0.264 e. The molecule has 3 aromatic rings. The highest BCUT2D eigenvalue weighted by Gasteiger charge is 2.21. The van der Waals surface area contributed by atoms with E-state index in [1.54, 1.807) is 23.7 Å². The lowest BCUT2D eigenvalue weighted by Gasteiger charge is -2.06. The minimum absolute atomic E-state index is 0.0152. The number of halogens is 2. The van der Waals surface area contributed by atoms with Crippen LogP contribution in [0.4, 0.5) is 5.69 Å². The summed E-state index contributed by atoms with van der Waals surface area (Å²) in [6.07, 6.45) is 0. The van der Waals surface area contributed by atoms with Crippen molar-refractivity contribution in [2.75, 3.05) is 4.72 Å². The zero-order chi connectivity index (χ0) is 14.3. The third-order valence-electron chi connectivity index (χ3n) is 2.50. The summed E-state index contributed by atoms with van der Waals surface area (Å²) in [6.45, 7) is 0. The van der Waals surface area contributed by atoms with Gasteiger partial charge in [-0.15, -0.1) is 22.7 Å². The van der Waals surface area contributed by atoms with E-state index < -0.39 is 10.0 Å². The van der Waals surface area contributed by atoms with Crippen LogP contribution in [-0.2, 0) is 10.0 Å². The van der Waals surface area contributed by atoms with Crippen molar-refractivity contribution in [2.24, 2.45) is 0 Å². The van der Waals surface area contributed by atoms with Gasteiger partial charge in [-0.05, 0) is 24.3 Å². The average Bonchev–Trinajstić information content (AvgIpc) is 2.94. The minimum Gasteiger partial charge on any atom is -0.280 e. The number of aromatic nitrogens is 1. The summed E-state index contributed by atoms with van der Waals surface area (Å²) in [5.41, 5.74) is 2.99. The SMILES string of the molecule is O=S(=O)(Nc1ccc2ncsc2c1)c1cc(Cl)sc1Cl. The number of benzene rings is 1. The first-order chi connectivity index (χ1) is 9.45. The number of nitrogens with one attached hydrogen (secondary N) is 1. The maximum absolute atomic E-state index is 12.3. The van der Waals surface area contributed by atoms with Crippen LogP contribution in [-0.4, -0.2) is 13.4 Å². The Morgan fingerprint density at radius 2 is 2.00 bits per heavy atom. The van der Waals surface area contributed by atoms with Crippen LogP contribution in [0.25, 0.3) is 10.2 Å². The molecule has 2 aromatic heterocycles. The number of sulfonamides is 1. The Bertz CT molecular complexity index is 886. The number of nitrogens with zero attached hydrogens (tertiary/aromatic N) is 1. The lowest BCUT2D eigenvalue weighted by molar-refractivity contribution is 0.601. The molecule has 0 unspecified atom stereocenters. The second kappa shape index (κ2) is 5.16. The van der Waals surface area contributed by atoms with Gasteiger partial charge in [-0.3, -0.25) is 4.72 Å². The Labute approximate surface area is 133 Å². The third kappa shape index (κ3) is 2.64. The number of hydrogen-bond acceptors (Lipinski definition) is 5. The molecule has 3 rings (SSSR count). The summed E-state index contributed by atoms with van der Waals surface area (Å²) in [5.74, 6) is 0. The molecule has 20 heavy (non-hydrogen) atoms. The van der Waals surface area contributed by atoms with E-state index in [1.807, 2.05) is 0 Å². The number of rotatable bonds is 3. The highest BCUT2D eigenvalue weighted by Crippen LogP contribution is 2.35. The van der Waals surface area contributed by atoms with E-state index in [-0.39, 0.29) is 9.23 Å². The molecule has 2 heterocycles. The zero-order valence-corrected chi connectivity index (χ0v) is 13.6. The number of anilines is 1. The quantitative estimate of drug-likeness (QED) is 0.745. The van der Waals surface area contributed by atoms with Gasteiger partial charge in [0, 0.05) is 0 Å². The van der Waals surface area contributed by atoms with Crippen LogP contribution in [0.15, 0.2) is 34.7 Å². The van der Waals surface area contributed by atoms with E-state index in [2.05, 4.69) is 9.71 Å². The maximum Gasteiger partial charge on any atom is 0.264 e.